The zero-order chi connectivity index (χ0) is 15.9. The maximum atomic E-state index is 12.6. The van der Waals surface area contributed by atoms with Crippen LogP contribution < -0.4 is 61.3 Å². The Morgan fingerprint density at radius 1 is 1.10 bits per heavy atom. The second kappa shape index (κ2) is 7.18. The molecule has 0 saturated carbocycles. The van der Waals surface area contributed by atoms with Gasteiger partial charge in [-0.25, -0.2) is 0 Å². The number of anilines is 1. The number of hydrogen-bond donors (Lipinski definition) is 1. The number of nitrogen functional groups attached to an aromatic ring is 1. The van der Waals surface area contributed by atoms with Crippen molar-refractivity contribution < 1.29 is 80.8 Å². The topological polar surface area (TPSA) is 69.4 Å². The first-order chi connectivity index (χ1) is 8.83. The molecule has 0 aliphatic heterocycles. The van der Waals surface area contributed by atoms with Crippen molar-refractivity contribution in [3.8, 4) is 5.75 Å². The molecule has 0 unspecified atom stereocenters. The number of rotatable bonds is 4. The van der Waals surface area contributed by atoms with Crippen LogP contribution in [0.5, 0.6) is 5.75 Å². The van der Waals surface area contributed by atoms with E-state index < -0.39 is 29.6 Å². The summed E-state index contributed by atoms with van der Waals surface area (Å²) in [6.07, 6.45) is -1.25. The number of nitrogens with two attached hydrogens (primary N) is 1. The second-order valence-electron chi connectivity index (χ2n) is 4.49. The van der Waals surface area contributed by atoms with E-state index in [0.717, 1.165) is 0 Å². The van der Waals surface area contributed by atoms with E-state index in [-0.39, 0.29) is 79.3 Å². The molecule has 0 aliphatic carbocycles. The van der Waals surface area contributed by atoms with E-state index in [9.17, 15) is 25.3 Å². The minimum absolute atomic E-state index is 0. The van der Waals surface area contributed by atoms with E-state index in [0.29, 0.717) is 0 Å². The fraction of sp³-hybridized carbons (Fsp3) is 0.400. The summed E-state index contributed by atoms with van der Waals surface area (Å²) in [7, 11) is -5.34. The van der Waals surface area contributed by atoms with E-state index in [1.54, 1.807) is 0 Å². The largest absolute Gasteiger partial charge is 1.00 e. The SMILES string of the molecule is Cc1c(N)c(C)c(OS(=O)(=O)F)c(C)c1C[B-](F)(F)F.[K+]. The summed E-state index contributed by atoms with van der Waals surface area (Å²) in [4.78, 5) is 0. The Balaban J connectivity index is 0.00000400. The average Bonchev–Trinajstić information content (AvgIpc) is 2.25. The monoisotopic (exact) mass is 353 g/mol. The van der Waals surface area contributed by atoms with Crippen LogP contribution in [-0.4, -0.2) is 15.4 Å². The number of halogens is 4. The van der Waals surface area contributed by atoms with Crippen LogP contribution in [0.3, 0.4) is 0 Å². The van der Waals surface area contributed by atoms with Gasteiger partial charge in [0.2, 0.25) is 0 Å². The molecule has 0 aromatic heterocycles. The van der Waals surface area contributed by atoms with Gasteiger partial charge in [-0.2, -0.15) is 8.42 Å². The van der Waals surface area contributed by atoms with Crippen LogP contribution in [0.4, 0.5) is 22.5 Å². The van der Waals surface area contributed by atoms with Gasteiger partial charge in [-0.05, 0) is 31.9 Å². The molecule has 21 heavy (non-hydrogen) atoms. The molecule has 0 fully saturated rings. The Morgan fingerprint density at radius 3 is 1.95 bits per heavy atom. The molecule has 1 rings (SSSR count). The third kappa shape index (κ3) is 5.72. The first-order valence-electron chi connectivity index (χ1n) is 5.56. The average molecular weight is 353 g/mol. The van der Waals surface area contributed by atoms with Gasteiger partial charge in [-0.3, -0.25) is 0 Å². The van der Waals surface area contributed by atoms with Crippen LogP contribution in [0.25, 0.3) is 0 Å². The quantitative estimate of drug-likeness (QED) is 0.350. The molecular formula is C10H13BF4KNO3S. The Morgan fingerprint density at radius 2 is 1.57 bits per heavy atom. The molecule has 11 heteroatoms. The van der Waals surface area contributed by atoms with Crippen molar-refractivity contribution >= 4 is 23.2 Å². The molecule has 2 N–H and O–H groups in total. The number of benzene rings is 1. The van der Waals surface area contributed by atoms with E-state index in [4.69, 9.17) is 5.73 Å². The van der Waals surface area contributed by atoms with Crippen LogP contribution in [0, 0.1) is 20.8 Å². The minimum atomic E-state index is -5.34. The van der Waals surface area contributed by atoms with Crippen molar-refractivity contribution in [1.29, 1.82) is 0 Å². The Bertz CT molecular complexity index is 649. The normalized spacial score (nSPS) is 12.0. The maximum absolute atomic E-state index is 12.6. The standard InChI is InChI=1S/C10H13BF4NO3S.K/c1-5-8(4-11(12,13)14)6(2)10(7(3)9(5)16)19-20(15,17)18;/h4,16H2,1-3H3;/q-1;+1. The molecule has 0 bridgehead atoms. The minimum Gasteiger partial charge on any atom is -0.449 e. The maximum Gasteiger partial charge on any atom is 1.00 e. The van der Waals surface area contributed by atoms with Crippen LogP contribution in [-0.2, 0) is 16.8 Å². The van der Waals surface area contributed by atoms with Gasteiger partial charge in [0.25, 0.3) is 0 Å². The summed E-state index contributed by atoms with van der Waals surface area (Å²) in [5.41, 5.74) is 5.56. The first-order valence-corrected chi connectivity index (χ1v) is 6.87. The van der Waals surface area contributed by atoms with Crippen molar-refractivity contribution in [2.45, 2.75) is 27.1 Å². The summed E-state index contributed by atoms with van der Waals surface area (Å²) in [5.74, 6) is -0.495. The van der Waals surface area contributed by atoms with Gasteiger partial charge in [0.15, 0.2) is 5.75 Å². The summed E-state index contributed by atoms with van der Waals surface area (Å²) < 4.78 is 75.6. The molecular weight excluding hydrogens is 340 g/mol. The van der Waals surface area contributed by atoms with Crippen LogP contribution >= 0.6 is 0 Å². The smallest absolute Gasteiger partial charge is 0.449 e. The van der Waals surface area contributed by atoms with Crippen LogP contribution in [0.1, 0.15) is 22.3 Å². The molecule has 0 atom stereocenters. The van der Waals surface area contributed by atoms with Crippen molar-refractivity contribution in [3.05, 3.63) is 22.3 Å². The van der Waals surface area contributed by atoms with E-state index in [1.165, 1.54) is 20.8 Å². The molecule has 0 spiro atoms. The van der Waals surface area contributed by atoms with E-state index in [2.05, 4.69) is 4.18 Å². The van der Waals surface area contributed by atoms with Crippen molar-refractivity contribution in [3.63, 3.8) is 0 Å². The zero-order valence-electron chi connectivity index (χ0n) is 12.0. The van der Waals surface area contributed by atoms with Crippen LogP contribution in [0.15, 0.2) is 0 Å². The molecule has 1 aromatic carbocycles. The van der Waals surface area contributed by atoms with E-state index >= 15 is 0 Å². The summed E-state index contributed by atoms with van der Waals surface area (Å²) in [6.45, 7) is -1.18. The molecule has 4 nitrogen and oxygen atoms in total. The van der Waals surface area contributed by atoms with Crippen molar-refractivity contribution in [1.82, 2.24) is 0 Å². The molecule has 0 aliphatic rings. The van der Waals surface area contributed by atoms with Gasteiger partial charge < -0.3 is 22.9 Å². The van der Waals surface area contributed by atoms with Gasteiger partial charge in [0.1, 0.15) is 0 Å². The first kappa shape index (κ1) is 21.2. The second-order valence-corrected chi connectivity index (χ2v) is 5.44. The molecule has 114 valence electrons. The Labute approximate surface area is 163 Å². The molecule has 0 saturated heterocycles. The van der Waals surface area contributed by atoms with Crippen LogP contribution in [0.2, 0.25) is 0 Å². The third-order valence-electron chi connectivity index (χ3n) is 3.01. The fourth-order valence-corrected chi connectivity index (χ4v) is 2.48. The van der Waals surface area contributed by atoms with Gasteiger partial charge in [0.05, 0.1) is 0 Å². The Hall–Kier alpha value is 0.191. The predicted molar refractivity (Wildman–Crippen MR) is 68.5 cm³/mol. The predicted octanol–water partition coefficient (Wildman–Crippen LogP) is -0.280. The Kier molecular flexibility index (Phi) is 7.24. The van der Waals surface area contributed by atoms with Gasteiger partial charge in [-0.1, -0.05) is 15.8 Å². The van der Waals surface area contributed by atoms with E-state index in [1.807, 2.05) is 0 Å². The van der Waals surface area contributed by atoms with Crippen molar-refractivity contribution in [2.24, 2.45) is 0 Å². The van der Waals surface area contributed by atoms with Crippen molar-refractivity contribution in [2.75, 3.05) is 5.73 Å². The van der Waals surface area contributed by atoms with Gasteiger partial charge in [0, 0.05) is 11.3 Å². The third-order valence-corrected chi connectivity index (χ3v) is 3.38. The molecule has 0 heterocycles. The zero-order valence-corrected chi connectivity index (χ0v) is 15.9. The molecule has 0 amide bonds. The fourth-order valence-electron chi connectivity index (χ4n) is 2.03. The summed E-state index contributed by atoms with van der Waals surface area (Å²) in [6, 6.07) is 0. The number of hydrogen-bond acceptors (Lipinski definition) is 4. The summed E-state index contributed by atoms with van der Waals surface area (Å²) in [5, 5.41) is 0. The molecule has 0 radical (unpaired) electrons. The summed E-state index contributed by atoms with van der Waals surface area (Å²) >= 11 is 0. The van der Waals surface area contributed by atoms with Gasteiger partial charge in [-0.15, -0.1) is 0 Å². The van der Waals surface area contributed by atoms with Gasteiger partial charge >= 0.3 is 68.9 Å². The molecule has 1 aromatic rings.